The van der Waals surface area contributed by atoms with Crippen molar-refractivity contribution in [3.63, 3.8) is 0 Å². The Morgan fingerprint density at radius 3 is 2.67 bits per heavy atom. The second-order valence-corrected chi connectivity index (χ2v) is 4.60. The maximum absolute atomic E-state index is 11.1. The van der Waals surface area contributed by atoms with E-state index in [4.69, 9.17) is 4.74 Å². The molecule has 0 saturated carbocycles. The van der Waals surface area contributed by atoms with Crippen LogP contribution in [0, 0.1) is 0 Å². The SMILES string of the molecule is O=c1ccsc(Oc2ccc3ccccc3c2)n1. The highest BCUT2D eigenvalue weighted by atomic mass is 32.1. The fourth-order valence-corrected chi connectivity index (χ4v) is 2.27. The molecule has 0 aliphatic heterocycles. The Kier molecular flexibility index (Phi) is 2.78. The summed E-state index contributed by atoms with van der Waals surface area (Å²) in [6.45, 7) is 0. The smallest absolute Gasteiger partial charge is 0.282 e. The first-order valence-corrected chi connectivity index (χ1v) is 6.32. The summed E-state index contributed by atoms with van der Waals surface area (Å²) < 4.78 is 5.57. The molecule has 0 amide bonds. The molecule has 88 valence electrons. The minimum Gasteiger partial charge on any atom is -0.431 e. The summed E-state index contributed by atoms with van der Waals surface area (Å²) in [6.07, 6.45) is 0. The lowest BCUT2D eigenvalue weighted by molar-refractivity contribution is 0.477. The Morgan fingerprint density at radius 2 is 1.83 bits per heavy atom. The van der Waals surface area contributed by atoms with E-state index < -0.39 is 0 Å². The average molecular weight is 255 g/mol. The zero-order valence-electron chi connectivity index (χ0n) is 9.37. The van der Waals surface area contributed by atoms with Crippen LogP contribution in [0.1, 0.15) is 0 Å². The van der Waals surface area contributed by atoms with Crippen LogP contribution in [0.4, 0.5) is 0 Å². The molecule has 0 N–H and O–H groups in total. The van der Waals surface area contributed by atoms with Gasteiger partial charge >= 0.3 is 0 Å². The molecule has 0 unspecified atom stereocenters. The fraction of sp³-hybridized carbons (Fsp3) is 0. The van der Waals surface area contributed by atoms with Crippen molar-refractivity contribution in [2.24, 2.45) is 0 Å². The van der Waals surface area contributed by atoms with Gasteiger partial charge in [0.05, 0.1) is 0 Å². The Hall–Kier alpha value is -2.20. The van der Waals surface area contributed by atoms with Gasteiger partial charge in [-0.25, -0.2) is 0 Å². The lowest BCUT2D eigenvalue weighted by Gasteiger charge is -2.04. The molecule has 2 aromatic carbocycles. The third-order valence-corrected chi connectivity index (χ3v) is 3.16. The Balaban J connectivity index is 1.97. The quantitative estimate of drug-likeness (QED) is 0.704. The lowest BCUT2D eigenvalue weighted by atomic mass is 10.1. The highest BCUT2D eigenvalue weighted by Crippen LogP contribution is 2.25. The molecule has 0 fully saturated rings. The summed E-state index contributed by atoms with van der Waals surface area (Å²) in [7, 11) is 0. The van der Waals surface area contributed by atoms with E-state index in [1.165, 1.54) is 17.4 Å². The van der Waals surface area contributed by atoms with E-state index in [0.717, 1.165) is 10.8 Å². The predicted octanol–water partition coefficient (Wildman–Crippen LogP) is 3.45. The molecule has 3 nitrogen and oxygen atoms in total. The number of fused-ring (bicyclic) bond motifs is 1. The van der Waals surface area contributed by atoms with Crippen molar-refractivity contribution in [1.82, 2.24) is 4.98 Å². The molecule has 4 heteroatoms. The first-order valence-electron chi connectivity index (χ1n) is 5.44. The van der Waals surface area contributed by atoms with Crippen molar-refractivity contribution in [3.8, 4) is 10.9 Å². The fourth-order valence-electron chi connectivity index (χ4n) is 1.68. The summed E-state index contributed by atoms with van der Waals surface area (Å²) in [4.78, 5) is 14.9. The predicted molar refractivity (Wildman–Crippen MR) is 72.4 cm³/mol. The molecular formula is C14H9NO2S. The zero-order chi connectivity index (χ0) is 12.4. The molecule has 0 aliphatic carbocycles. The molecule has 0 bridgehead atoms. The van der Waals surface area contributed by atoms with Gasteiger partial charge in [-0.1, -0.05) is 41.7 Å². The number of ether oxygens (including phenoxy) is 1. The lowest BCUT2D eigenvalue weighted by Crippen LogP contribution is -2.02. The molecule has 3 aromatic rings. The van der Waals surface area contributed by atoms with E-state index >= 15 is 0 Å². The Bertz CT molecular complexity index is 752. The molecule has 0 atom stereocenters. The van der Waals surface area contributed by atoms with Crippen LogP contribution in [-0.2, 0) is 0 Å². The highest BCUT2D eigenvalue weighted by molar-refractivity contribution is 7.11. The van der Waals surface area contributed by atoms with E-state index in [2.05, 4.69) is 4.98 Å². The van der Waals surface area contributed by atoms with Gasteiger partial charge in [0, 0.05) is 11.4 Å². The van der Waals surface area contributed by atoms with Crippen LogP contribution in [0.3, 0.4) is 0 Å². The molecule has 1 aromatic heterocycles. The highest BCUT2D eigenvalue weighted by Gasteiger charge is 2.01. The van der Waals surface area contributed by atoms with Gasteiger partial charge in [-0.3, -0.25) is 4.79 Å². The van der Waals surface area contributed by atoms with E-state index in [1.54, 1.807) is 5.38 Å². The Labute approximate surface area is 107 Å². The van der Waals surface area contributed by atoms with E-state index in [1.807, 2.05) is 42.5 Å². The van der Waals surface area contributed by atoms with Crippen LogP contribution in [0.25, 0.3) is 10.8 Å². The van der Waals surface area contributed by atoms with Crippen molar-refractivity contribution in [3.05, 3.63) is 64.3 Å². The van der Waals surface area contributed by atoms with Gasteiger partial charge in [-0.15, -0.1) is 0 Å². The third-order valence-electron chi connectivity index (χ3n) is 2.51. The second kappa shape index (κ2) is 4.58. The van der Waals surface area contributed by atoms with Crippen molar-refractivity contribution < 1.29 is 4.74 Å². The number of hydrogen-bond acceptors (Lipinski definition) is 4. The average Bonchev–Trinajstić information content (AvgIpc) is 2.39. The number of benzene rings is 2. The maximum Gasteiger partial charge on any atom is 0.282 e. The first kappa shape index (κ1) is 10.9. The summed E-state index contributed by atoms with van der Waals surface area (Å²) in [5, 5.41) is 4.28. The van der Waals surface area contributed by atoms with Gasteiger partial charge in [0.1, 0.15) is 5.75 Å². The van der Waals surface area contributed by atoms with Crippen LogP contribution in [0.2, 0.25) is 0 Å². The summed E-state index contributed by atoms with van der Waals surface area (Å²) >= 11 is 1.29. The van der Waals surface area contributed by atoms with Crippen molar-refractivity contribution in [2.45, 2.75) is 0 Å². The van der Waals surface area contributed by atoms with Crippen LogP contribution in [-0.4, -0.2) is 4.98 Å². The summed E-state index contributed by atoms with van der Waals surface area (Å²) in [5.41, 5.74) is -0.287. The van der Waals surface area contributed by atoms with Crippen molar-refractivity contribution in [2.75, 3.05) is 0 Å². The minimum atomic E-state index is -0.287. The number of rotatable bonds is 2. The molecule has 0 saturated heterocycles. The van der Waals surface area contributed by atoms with E-state index in [-0.39, 0.29) is 5.56 Å². The van der Waals surface area contributed by atoms with Crippen LogP contribution < -0.4 is 10.3 Å². The van der Waals surface area contributed by atoms with Crippen LogP contribution in [0.5, 0.6) is 10.9 Å². The summed E-state index contributed by atoms with van der Waals surface area (Å²) in [6, 6.07) is 15.2. The number of nitrogens with zero attached hydrogens (tertiary/aromatic N) is 1. The summed E-state index contributed by atoms with van der Waals surface area (Å²) in [5.74, 6) is 0.683. The molecular weight excluding hydrogens is 246 g/mol. The normalized spacial score (nSPS) is 10.4. The zero-order valence-corrected chi connectivity index (χ0v) is 10.2. The van der Waals surface area contributed by atoms with Gasteiger partial charge < -0.3 is 4.74 Å². The van der Waals surface area contributed by atoms with Gasteiger partial charge in [-0.05, 0) is 22.9 Å². The Morgan fingerprint density at radius 1 is 1.00 bits per heavy atom. The van der Waals surface area contributed by atoms with Gasteiger partial charge in [0.2, 0.25) is 0 Å². The molecule has 18 heavy (non-hydrogen) atoms. The molecule has 3 rings (SSSR count). The molecule has 1 heterocycles. The van der Waals surface area contributed by atoms with Gasteiger partial charge in [0.25, 0.3) is 10.8 Å². The van der Waals surface area contributed by atoms with E-state index in [0.29, 0.717) is 10.9 Å². The van der Waals surface area contributed by atoms with Crippen LogP contribution in [0.15, 0.2) is 58.7 Å². The van der Waals surface area contributed by atoms with Crippen LogP contribution >= 0.6 is 11.3 Å². The first-order chi connectivity index (χ1) is 8.81. The maximum atomic E-state index is 11.1. The molecule has 0 spiro atoms. The van der Waals surface area contributed by atoms with Crippen molar-refractivity contribution >= 4 is 22.1 Å². The number of hydrogen-bond donors (Lipinski definition) is 0. The van der Waals surface area contributed by atoms with Gasteiger partial charge in [0.15, 0.2) is 0 Å². The topological polar surface area (TPSA) is 39.2 Å². The van der Waals surface area contributed by atoms with E-state index in [9.17, 15) is 4.79 Å². The minimum absolute atomic E-state index is 0.287. The van der Waals surface area contributed by atoms with Crippen molar-refractivity contribution in [1.29, 1.82) is 0 Å². The van der Waals surface area contributed by atoms with Gasteiger partial charge in [-0.2, -0.15) is 4.98 Å². The standard InChI is InChI=1S/C14H9NO2S/c16-13-7-8-18-14(15-13)17-12-6-5-10-3-1-2-4-11(10)9-12/h1-9H. The molecule has 0 radical (unpaired) electrons. The largest absolute Gasteiger partial charge is 0.431 e. The number of aromatic nitrogens is 1. The monoisotopic (exact) mass is 255 g/mol. The molecule has 0 aliphatic rings. The second-order valence-electron chi connectivity index (χ2n) is 3.75. The third kappa shape index (κ3) is 2.24.